The van der Waals surface area contributed by atoms with E-state index in [0.29, 0.717) is 23.1 Å². The second-order valence-electron chi connectivity index (χ2n) is 5.49. The van der Waals surface area contributed by atoms with Crippen LogP contribution in [0.15, 0.2) is 41.1 Å². The van der Waals surface area contributed by atoms with E-state index < -0.39 is 0 Å². The van der Waals surface area contributed by atoms with Gasteiger partial charge in [0.1, 0.15) is 0 Å². The molecule has 2 heterocycles. The highest BCUT2D eigenvalue weighted by Gasteiger charge is 2.12. The van der Waals surface area contributed by atoms with Gasteiger partial charge >= 0.3 is 5.97 Å². The normalized spacial score (nSPS) is 10.4. The lowest BCUT2D eigenvalue weighted by molar-refractivity contribution is -0.142. The molecule has 2 N–H and O–H groups in total. The monoisotopic (exact) mass is 402 g/mol. The number of hydrogen-bond acceptors (Lipinski definition) is 8. The number of ether oxygens (including phenoxy) is 1. The minimum atomic E-state index is -0.332. The van der Waals surface area contributed by atoms with Crippen LogP contribution in [0.3, 0.4) is 0 Å². The number of benzene rings is 1. The SMILES string of the molecule is CCOC(=O)Cc1csc(NC(=O)Cc2csc(Nc3ccccc3)n2)n1. The molecule has 0 aliphatic rings. The van der Waals surface area contributed by atoms with Crippen LogP contribution >= 0.6 is 22.7 Å². The third kappa shape index (κ3) is 5.87. The molecule has 27 heavy (non-hydrogen) atoms. The first kappa shape index (κ1) is 19.0. The number of esters is 1. The first-order chi connectivity index (χ1) is 13.1. The highest BCUT2D eigenvalue weighted by Crippen LogP contribution is 2.21. The van der Waals surface area contributed by atoms with Gasteiger partial charge in [0.05, 0.1) is 30.8 Å². The number of anilines is 3. The molecule has 0 saturated heterocycles. The molecule has 0 radical (unpaired) electrons. The first-order valence-electron chi connectivity index (χ1n) is 8.28. The summed E-state index contributed by atoms with van der Waals surface area (Å²) in [4.78, 5) is 32.3. The van der Waals surface area contributed by atoms with Crippen molar-refractivity contribution in [1.82, 2.24) is 9.97 Å². The summed E-state index contributed by atoms with van der Waals surface area (Å²) >= 11 is 2.72. The van der Waals surface area contributed by atoms with Gasteiger partial charge in [-0.05, 0) is 19.1 Å². The zero-order chi connectivity index (χ0) is 19.1. The Morgan fingerprint density at radius 3 is 2.41 bits per heavy atom. The maximum atomic E-state index is 12.2. The van der Waals surface area contributed by atoms with E-state index in [1.165, 1.54) is 22.7 Å². The lowest BCUT2D eigenvalue weighted by atomic mass is 10.3. The number of aromatic nitrogens is 2. The number of para-hydroxylation sites is 1. The van der Waals surface area contributed by atoms with Crippen molar-refractivity contribution >= 4 is 50.5 Å². The van der Waals surface area contributed by atoms with E-state index in [4.69, 9.17) is 4.74 Å². The van der Waals surface area contributed by atoms with Gasteiger partial charge in [-0.25, -0.2) is 9.97 Å². The van der Waals surface area contributed by atoms with Crippen molar-refractivity contribution in [3.63, 3.8) is 0 Å². The molecule has 9 heteroatoms. The van der Waals surface area contributed by atoms with Crippen LogP contribution in [0.1, 0.15) is 18.3 Å². The summed E-state index contributed by atoms with van der Waals surface area (Å²) < 4.78 is 4.89. The summed E-state index contributed by atoms with van der Waals surface area (Å²) in [5.74, 6) is -0.537. The summed E-state index contributed by atoms with van der Waals surface area (Å²) in [5, 5.41) is 10.7. The number of hydrogen-bond donors (Lipinski definition) is 2. The molecule has 0 bridgehead atoms. The molecule has 7 nitrogen and oxygen atoms in total. The fraction of sp³-hybridized carbons (Fsp3) is 0.222. The van der Waals surface area contributed by atoms with Gasteiger partial charge in [0, 0.05) is 16.4 Å². The highest BCUT2D eigenvalue weighted by atomic mass is 32.1. The van der Waals surface area contributed by atoms with Crippen LogP contribution in [0, 0.1) is 0 Å². The second-order valence-corrected chi connectivity index (χ2v) is 7.20. The van der Waals surface area contributed by atoms with Crippen LogP contribution in [0.4, 0.5) is 16.0 Å². The third-order valence-corrected chi connectivity index (χ3v) is 4.96. The Kier molecular flexibility index (Phi) is 6.50. The fourth-order valence-corrected chi connectivity index (χ4v) is 3.68. The quantitative estimate of drug-likeness (QED) is 0.559. The van der Waals surface area contributed by atoms with Crippen LogP contribution in [-0.2, 0) is 27.2 Å². The van der Waals surface area contributed by atoms with Crippen LogP contribution in [0.25, 0.3) is 0 Å². The van der Waals surface area contributed by atoms with E-state index >= 15 is 0 Å². The predicted octanol–water partition coefficient (Wildman–Crippen LogP) is 3.63. The van der Waals surface area contributed by atoms with Crippen molar-refractivity contribution in [2.24, 2.45) is 0 Å². The molecular weight excluding hydrogens is 384 g/mol. The van der Waals surface area contributed by atoms with Crippen LogP contribution < -0.4 is 10.6 Å². The molecule has 0 aliphatic carbocycles. The maximum Gasteiger partial charge on any atom is 0.311 e. The Morgan fingerprint density at radius 2 is 1.67 bits per heavy atom. The molecule has 3 aromatic rings. The Labute approximate surface area is 164 Å². The van der Waals surface area contributed by atoms with E-state index in [0.717, 1.165) is 10.8 Å². The molecule has 0 aliphatic heterocycles. The minimum Gasteiger partial charge on any atom is -0.466 e. The van der Waals surface area contributed by atoms with E-state index in [9.17, 15) is 9.59 Å². The van der Waals surface area contributed by atoms with Crippen LogP contribution in [-0.4, -0.2) is 28.5 Å². The van der Waals surface area contributed by atoms with Gasteiger partial charge in [-0.3, -0.25) is 9.59 Å². The van der Waals surface area contributed by atoms with E-state index in [1.54, 1.807) is 12.3 Å². The summed E-state index contributed by atoms with van der Waals surface area (Å²) in [6.07, 6.45) is 0.251. The zero-order valence-corrected chi connectivity index (χ0v) is 16.2. The summed E-state index contributed by atoms with van der Waals surface area (Å²) in [7, 11) is 0. The van der Waals surface area contributed by atoms with Gasteiger partial charge in [0.2, 0.25) is 5.91 Å². The number of thiazole rings is 2. The van der Waals surface area contributed by atoms with Crippen molar-refractivity contribution in [1.29, 1.82) is 0 Å². The van der Waals surface area contributed by atoms with Crippen molar-refractivity contribution in [3.05, 3.63) is 52.5 Å². The number of amides is 1. The molecule has 0 spiro atoms. The number of carbonyl (C=O) groups excluding carboxylic acids is 2. The topological polar surface area (TPSA) is 93.2 Å². The van der Waals surface area contributed by atoms with E-state index in [-0.39, 0.29) is 24.7 Å². The largest absolute Gasteiger partial charge is 0.466 e. The van der Waals surface area contributed by atoms with Gasteiger partial charge < -0.3 is 15.4 Å². The van der Waals surface area contributed by atoms with Gasteiger partial charge in [-0.2, -0.15) is 0 Å². The molecule has 0 saturated carbocycles. The average molecular weight is 403 g/mol. The van der Waals surface area contributed by atoms with Crippen molar-refractivity contribution in [3.8, 4) is 0 Å². The van der Waals surface area contributed by atoms with Gasteiger partial charge in [0.15, 0.2) is 10.3 Å². The molecule has 0 fully saturated rings. The Hall–Kier alpha value is -2.78. The first-order valence-corrected chi connectivity index (χ1v) is 10.0. The fourth-order valence-electron chi connectivity index (χ4n) is 2.22. The van der Waals surface area contributed by atoms with E-state index in [1.807, 2.05) is 35.7 Å². The number of nitrogens with one attached hydrogen (secondary N) is 2. The average Bonchev–Trinajstić information content (AvgIpc) is 3.25. The predicted molar refractivity (Wildman–Crippen MR) is 107 cm³/mol. The molecule has 0 atom stereocenters. The Bertz CT molecular complexity index is 908. The van der Waals surface area contributed by atoms with Crippen LogP contribution in [0.5, 0.6) is 0 Å². The number of nitrogens with zero attached hydrogens (tertiary/aromatic N) is 2. The minimum absolute atomic E-state index is 0.0980. The molecule has 1 amide bonds. The second kappa shape index (κ2) is 9.24. The maximum absolute atomic E-state index is 12.2. The van der Waals surface area contributed by atoms with Gasteiger partial charge in [-0.15, -0.1) is 22.7 Å². The zero-order valence-electron chi connectivity index (χ0n) is 14.6. The Balaban J connectivity index is 1.51. The van der Waals surface area contributed by atoms with E-state index in [2.05, 4.69) is 20.6 Å². The van der Waals surface area contributed by atoms with Crippen LogP contribution in [0.2, 0.25) is 0 Å². The Morgan fingerprint density at radius 1 is 1.00 bits per heavy atom. The molecule has 2 aromatic heterocycles. The third-order valence-electron chi connectivity index (χ3n) is 3.35. The molecule has 0 unspecified atom stereocenters. The standard InChI is InChI=1S/C18H18N4O3S2/c1-2-25-16(24)9-14-11-27-18(21-14)22-15(23)8-13-10-26-17(20-13)19-12-6-4-3-5-7-12/h3-7,10-11H,2,8-9H2,1H3,(H,19,20)(H,21,22,23). The van der Waals surface area contributed by atoms with Crippen molar-refractivity contribution in [2.45, 2.75) is 19.8 Å². The lowest BCUT2D eigenvalue weighted by Crippen LogP contribution is -2.14. The van der Waals surface area contributed by atoms with Crippen molar-refractivity contribution < 1.29 is 14.3 Å². The lowest BCUT2D eigenvalue weighted by Gasteiger charge is -2.01. The smallest absolute Gasteiger partial charge is 0.311 e. The number of carbonyl (C=O) groups is 2. The molecule has 3 rings (SSSR count). The molecule has 1 aromatic carbocycles. The summed E-state index contributed by atoms with van der Waals surface area (Å²) in [5.41, 5.74) is 2.20. The number of rotatable bonds is 8. The highest BCUT2D eigenvalue weighted by molar-refractivity contribution is 7.14. The van der Waals surface area contributed by atoms with Gasteiger partial charge in [-0.1, -0.05) is 18.2 Å². The van der Waals surface area contributed by atoms with Gasteiger partial charge in [0.25, 0.3) is 0 Å². The van der Waals surface area contributed by atoms with Crippen molar-refractivity contribution in [2.75, 3.05) is 17.2 Å². The summed E-state index contributed by atoms with van der Waals surface area (Å²) in [6, 6.07) is 9.72. The summed E-state index contributed by atoms with van der Waals surface area (Å²) in [6.45, 7) is 2.09. The molecular formula is C18H18N4O3S2. The molecule has 140 valence electrons.